The SMILES string of the molecule is COC(=O)[C@@H](C)CSC(=O)c1cc([N+](=O)[O-])cc([N+](=O)[O-])c1. The number of esters is 1. The van der Waals surface area contributed by atoms with Crippen LogP contribution in [0.25, 0.3) is 0 Å². The monoisotopic (exact) mass is 328 g/mol. The summed E-state index contributed by atoms with van der Waals surface area (Å²) in [4.78, 5) is 43.1. The van der Waals surface area contributed by atoms with E-state index >= 15 is 0 Å². The van der Waals surface area contributed by atoms with Crippen LogP contribution in [0.3, 0.4) is 0 Å². The Kier molecular flexibility index (Phi) is 5.99. The van der Waals surface area contributed by atoms with Gasteiger partial charge in [0.05, 0.1) is 28.9 Å². The first-order valence-corrected chi connectivity index (χ1v) is 6.93. The van der Waals surface area contributed by atoms with Crippen molar-refractivity contribution in [2.45, 2.75) is 6.92 Å². The van der Waals surface area contributed by atoms with Crippen LogP contribution in [0.5, 0.6) is 0 Å². The number of ether oxygens (including phenoxy) is 1. The molecule has 118 valence electrons. The Morgan fingerprint density at radius 2 is 1.68 bits per heavy atom. The van der Waals surface area contributed by atoms with Gasteiger partial charge in [0.15, 0.2) is 0 Å². The zero-order valence-electron chi connectivity index (χ0n) is 11.7. The number of nitro groups is 2. The van der Waals surface area contributed by atoms with Gasteiger partial charge >= 0.3 is 5.97 Å². The summed E-state index contributed by atoms with van der Waals surface area (Å²) in [5, 5.41) is 20.9. The van der Waals surface area contributed by atoms with Crippen LogP contribution in [0.2, 0.25) is 0 Å². The van der Waals surface area contributed by atoms with Crippen LogP contribution in [0.1, 0.15) is 17.3 Å². The molecular formula is C12H12N2O7S. The maximum Gasteiger partial charge on any atom is 0.309 e. The van der Waals surface area contributed by atoms with E-state index in [1.165, 1.54) is 7.11 Å². The van der Waals surface area contributed by atoms with Crippen LogP contribution in [0.4, 0.5) is 11.4 Å². The Morgan fingerprint density at radius 1 is 1.18 bits per heavy atom. The summed E-state index contributed by atoms with van der Waals surface area (Å²) in [6.45, 7) is 1.56. The fourth-order valence-electron chi connectivity index (χ4n) is 1.48. The van der Waals surface area contributed by atoms with E-state index in [0.29, 0.717) is 0 Å². The second-order valence-corrected chi connectivity index (χ2v) is 5.27. The molecule has 0 N–H and O–H groups in total. The molecule has 0 fully saturated rings. The summed E-state index contributed by atoms with van der Waals surface area (Å²) in [6.07, 6.45) is 0. The number of methoxy groups -OCH3 is 1. The highest BCUT2D eigenvalue weighted by Gasteiger charge is 2.21. The second-order valence-electron chi connectivity index (χ2n) is 4.27. The van der Waals surface area contributed by atoms with E-state index < -0.39 is 38.2 Å². The Balaban J connectivity index is 2.95. The van der Waals surface area contributed by atoms with Crippen molar-refractivity contribution < 1.29 is 24.2 Å². The normalized spacial score (nSPS) is 11.5. The topological polar surface area (TPSA) is 130 Å². The number of carbonyl (C=O) groups is 2. The molecule has 0 spiro atoms. The first-order valence-electron chi connectivity index (χ1n) is 5.95. The molecule has 22 heavy (non-hydrogen) atoms. The minimum absolute atomic E-state index is 0.0992. The zero-order valence-corrected chi connectivity index (χ0v) is 12.5. The molecule has 0 radical (unpaired) electrons. The third kappa shape index (κ3) is 4.52. The Labute approximate surface area is 128 Å². The van der Waals surface area contributed by atoms with E-state index in [0.717, 1.165) is 30.0 Å². The van der Waals surface area contributed by atoms with Crippen molar-refractivity contribution in [3.05, 3.63) is 44.0 Å². The molecule has 0 heterocycles. The highest BCUT2D eigenvalue weighted by atomic mass is 32.2. The average Bonchev–Trinajstić information content (AvgIpc) is 2.50. The van der Waals surface area contributed by atoms with E-state index in [1.807, 2.05) is 0 Å². The summed E-state index contributed by atoms with van der Waals surface area (Å²) >= 11 is 0.737. The first kappa shape index (κ1) is 17.6. The molecule has 0 aromatic heterocycles. The lowest BCUT2D eigenvalue weighted by Crippen LogP contribution is -2.15. The quantitative estimate of drug-likeness (QED) is 0.441. The molecule has 1 aromatic carbocycles. The minimum atomic E-state index is -0.814. The molecule has 0 aliphatic heterocycles. The van der Waals surface area contributed by atoms with Gasteiger partial charge in [0, 0.05) is 23.4 Å². The lowest BCUT2D eigenvalue weighted by atomic mass is 10.2. The smallest absolute Gasteiger partial charge is 0.309 e. The molecule has 9 nitrogen and oxygen atoms in total. The Morgan fingerprint density at radius 3 is 2.09 bits per heavy atom. The average molecular weight is 328 g/mol. The van der Waals surface area contributed by atoms with Gasteiger partial charge in [0.1, 0.15) is 0 Å². The predicted molar refractivity (Wildman–Crippen MR) is 77.7 cm³/mol. The number of hydrogen-bond acceptors (Lipinski definition) is 8. The van der Waals surface area contributed by atoms with Gasteiger partial charge in [-0.05, 0) is 0 Å². The number of carbonyl (C=O) groups excluding carboxylic acids is 2. The molecule has 0 saturated heterocycles. The lowest BCUT2D eigenvalue weighted by Gasteiger charge is -2.07. The van der Waals surface area contributed by atoms with Gasteiger partial charge in [0.25, 0.3) is 11.4 Å². The van der Waals surface area contributed by atoms with Crippen molar-refractivity contribution >= 4 is 34.2 Å². The van der Waals surface area contributed by atoms with Crippen LogP contribution >= 0.6 is 11.8 Å². The summed E-state index contributed by atoms with van der Waals surface area (Å²) < 4.78 is 4.51. The number of nitrogens with zero attached hydrogens (tertiary/aromatic N) is 2. The lowest BCUT2D eigenvalue weighted by molar-refractivity contribution is -0.394. The molecule has 0 bridgehead atoms. The van der Waals surface area contributed by atoms with Crippen LogP contribution in [0, 0.1) is 26.1 Å². The molecule has 1 rings (SSSR count). The van der Waals surface area contributed by atoms with E-state index in [2.05, 4.69) is 4.74 Å². The van der Waals surface area contributed by atoms with E-state index in [9.17, 15) is 29.8 Å². The highest BCUT2D eigenvalue weighted by molar-refractivity contribution is 8.14. The third-order valence-corrected chi connectivity index (χ3v) is 3.79. The summed E-state index contributed by atoms with van der Waals surface area (Å²) in [5.74, 6) is -0.944. The molecule has 0 saturated carbocycles. The number of benzene rings is 1. The molecule has 0 unspecified atom stereocenters. The van der Waals surface area contributed by atoms with Crippen LogP contribution in [-0.2, 0) is 9.53 Å². The van der Waals surface area contributed by atoms with Gasteiger partial charge in [-0.15, -0.1) is 0 Å². The molecule has 10 heteroatoms. The number of nitro benzene ring substituents is 2. The van der Waals surface area contributed by atoms with Crippen molar-refractivity contribution in [2.75, 3.05) is 12.9 Å². The van der Waals surface area contributed by atoms with Gasteiger partial charge < -0.3 is 4.74 Å². The summed E-state index contributed by atoms with van der Waals surface area (Å²) in [6, 6.07) is 2.70. The highest BCUT2D eigenvalue weighted by Crippen LogP contribution is 2.26. The molecule has 0 amide bonds. The van der Waals surface area contributed by atoms with E-state index in [4.69, 9.17) is 0 Å². The van der Waals surface area contributed by atoms with Gasteiger partial charge in [0.2, 0.25) is 5.12 Å². The minimum Gasteiger partial charge on any atom is -0.469 e. The van der Waals surface area contributed by atoms with Crippen molar-refractivity contribution in [3.8, 4) is 0 Å². The molecule has 1 aromatic rings. The summed E-state index contributed by atoms with van der Waals surface area (Å²) in [5.41, 5.74) is -1.25. The number of thioether (sulfide) groups is 1. The van der Waals surface area contributed by atoms with Gasteiger partial charge in [-0.2, -0.15) is 0 Å². The van der Waals surface area contributed by atoms with Crippen molar-refractivity contribution in [3.63, 3.8) is 0 Å². The molecular weight excluding hydrogens is 316 g/mol. The predicted octanol–water partition coefficient (Wildman–Crippen LogP) is 2.19. The van der Waals surface area contributed by atoms with Crippen molar-refractivity contribution in [2.24, 2.45) is 5.92 Å². The standard InChI is InChI=1S/C12H12N2O7S/c1-7(11(15)21-2)6-22-12(16)8-3-9(13(17)18)5-10(4-8)14(19)20/h3-5,7H,6H2,1-2H3/t7-/m0/s1. The maximum atomic E-state index is 12.0. The molecule has 0 aliphatic rings. The fraction of sp³-hybridized carbons (Fsp3) is 0.333. The van der Waals surface area contributed by atoms with Crippen molar-refractivity contribution in [1.82, 2.24) is 0 Å². The maximum absolute atomic E-state index is 12.0. The third-order valence-electron chi connectivity index (χ3n) is 2.63. The van der Waals surface area contributed by atoms with Crippen LogP contribution in [0.15, 0.2) is 18.2 Å². The van der Waals surface area contributed by atoms with Gasteiger partial charge in [-0.25, -0.2) is 0 Å². The fourth-order valence-corrected chi connectivity index (χ4v) is 2.30. The summed E-state index contributed by atoms with van der Waals surface area (Å²) in [7, 11) is 1.22. The van der Waals surface area contributed by atoms with Gasteiger partial charge in [-0.3, -0.25) is 29.8 Å². The molecule has 0 aliphatic carbocycles. The number of rotatable bonds is 6. The number of non-ortho nitro benzene ring substituents is 2. The Hall–Kier alpha value is -2.49. The second kappa shape index (κ2) is 7.50. The number of hydrogen-bond donors (Lipinski definition) is 0. The zero-order chi connectivity index (χ0) is 16.9. The first-order chi connectivity index (χ1) is 10.3. The van der Waals surface area contributed by atoms with Crippen LogP contribution < -0.4 is 0 Å². The van der Waals surface area contributed by atoms with Gasteiger partial charge in [-0.1, -0.05) is 18.7 Å². The largest absolute Gasteiger partial charge is 0.469 e. The van der Waals surface area contributed by atoms with Crippen molar-refractivity contribution in [1.29, 1.82) is 0 Å². The molecule has 1 atom stereocenters. The van der Waals surface area contributed by atoms with E-state index in [1.54, 1.807) is 6.92 Å². The van der Waals surface area contributed by atoms with Crippen LogP contribution in [-0.4, -0.2) is 33.8 Å². The van der Waals surface area contributed by atoms with E-state index in [-0.39, 0.29) is 11.3 Å². The Bertz CT molecular complexity index is 600.